The van der Waals surface area contributed by atoms with Crippen molar-refractivity contribution < 1.29 is 18.0 Å². The number of nitrogens with one attached hydrogen (secondary N) is 1. The van der Waals surface area contributed by atoms with Crippen molar-refractivity contribution in [2.75, 3.05) is 17.1 Å². The normalized spacial score (nSPS) is 12.2. The third kappa shape index (κ3) is 8.48. The van der Waals surface area contributed by atoms with Gasteiger partial charge in [0.2, 0.25) is 21.8 Å². The van der Waals surface area contributed by atoms with E-state index in [2.05, 4.69) is 5.32 Å². The van der Waals surface area contributed by atoms with Gasteiger partial charge in [0, 0.05) is 29.1 Å². The molecule has 3 rings (SSSR count). The molecule has 3 aromatic rings. The maximum absolute atomic E-state index is 13.9. The zero-order chi connectivity index (χ0) is 27.9. The van der Waals surface area contributed by atoms with Crippen molar-refractivity contribution in [2.45, 2.75) is 38.9 Å². The fourth-order valence-electron chi connectivity index (χ4n) is 3.97. The zero-order valence-electron chi connectivity index (χ0n) is 21.5. The summed E-state index contributed by atoms with van der Waals surface area (Å²) in [5, 5.41) is 3.78. The highest BCUT2D eigenvalue weighted by Gasteiger charge is 2.33. The minimum absolute atomic E-state index is 0.0756. The minimum atomic E-state index is -3.86. The summed E-state index contributed by atoms with van der Waals surface area (Å²) in [4.78, 5) is 28.8. The number of rotatable bonds is 11. The minimum Gasteiger partial charge on any atom is -0.352 e. The molecule has 38 heavy (non-hydrogen) atoms. The van der Waals surface area contributed by atoms with Crippen LogP contribution in [0.15, 0.2) is 78.9 Å². The van der Waals surface area contributed by atoms with Gasteiger partial charge in [-0.3, -0.25) is 13.9 Å². The van der Waals surface area contributed by atoms with Crippen LogP contribution in [0.25, 0.3) is 0 Å². The number of anilines is 1. The Kier molecular flexibility index (Phi) is 10.2. The summed E-state index contributed by atoms with van der Waals surface area (Å²) in [6.45, 7) is 3.25. The van der Waals surface area contributed by atoms with Crippen molar-refractivity contribution in [1.29, 1.82) is 0 Å². The molecule has 0 aromatic heterocycles. The molecule has 0 fully saturated rings. The van der Waals surface area contributed by atoms with E-state index in [4.69, 9.17) is 23.2 Å². The van der Waals surface area contributed by atoms with E-state index in [0.717, 1.165) is 21.7 Å². The molecule has 0 radical (unpaired) electrons. The van der Waals surface area contributed by atoms with E-state index in [0.29, 0.717) is 10.0 Å². The van der Waals surface area contributed by atoms with Gasteiger partial charge in [-0.1, -0.05) is 71.7 Å². The van der Waals surface area contributed by atoms with E-state index in [1.807, 2.05) is 44.2 Å². The molecule has 7 nitrogen and oxygen atoms in total. The molecule has 1 N–H and O–H groups in total. The number of benzene rings is 3. The predicted molar refractivity (Wildman–Crippen MR) is 153 cm³/mol. The third-order valence-electron chi connectivity index (χ3n) is 5.74. The van der Waals surface area contributed by atoms with E-state index in [9.17, 15) is 18.0 Å². The van der Waals surface area contributed by atoms with E-state index in [1.54, 1.807) is 42.5 Å². The summed E-state index contributed by atoms with van der Waals surface area (Å²) in [7, 11) is -3.86. The van der Waals surface area contributed by atoms with Crippen LogP contribution in [0.3, 0.4) is 0 Å². The van der Waals surface area contributed by atoms with Gasteiger partial charge in [0.1, 0.15) is 12.6 Å². The average Bonchev–Trinajstić information content (AvgIpc) is 2.85. The van der Waals surface area contributed by atoms with Crippen LogP contribution >= 0.6 is 23.2 Å². The molecular formula is C28H31Cl2N3O4S. The van der Waals surface area contributed by atoms with Crippen LogP contribution in [0, 0.1) is 0 Å². The number of hydrogen-bond acceptors (Lipinski definition) is 4. The standard InChI is InChI=1S/C28H31Cl2N3O4S/c1-20(2)31-28(35)26(16-21-8-5-4-6-9-21)32(18-22-12-14-23(29)15-13-22)27(34)19-33(38(3,36)37)25-11-7-10-24(30)17-25/h4-15,17,20,26H,16,18-19H2,1-3H3,(H,31,35)/t26-/m1/s1. The number of halogens is 2. The van der Waals surface area contributed by atoms with Crippen LogP contribution in [0.4, 0.5) is 5.69 Å². The van der Waals surface area contributed by atoms with Gasteiger partial charge in [-0.25, -0.2) is 8.42 Å². The molecule has 3 aromatic carbocycles. The molecule has 0 saturated heterocycles. The highest BCUT2D eigenvalue weighted by molar-refractivity contribution is 7.92. The summed E-state index contributed by atoms with van der Waals surface area (Å²) in [6.07, 6.45) is 1.27. The summed E-state index contributed by atoms with van der Waals surface area (Å²) in [5.41, 5.74) is 1.86. The number of carbonyl (C=O) groups is 2. The Hall–Kier alpha value is -3.07. The topological polar surface area (TPSA) is 86.8 Å². The molecule has 0 aliphatic rings. The first kappa shape index (κ1) is 29.5. The van der Waals surface area contributed by atoms with Gasteiger partial charge in [-0.2, -0.15) is 0 Å². The number of nitrogens with zero attached hydrogens (tertiary/aromatic N) is 2. The third-order valence-corrected chi connectivity index (χ3v) is 7.37. The maximum atomic E-state index is 13.9. The summed E-state index contributed by atoms with van der Waals surface area (Å²) in [6, 6.07) is 21.5. The lowest BCUT2D eigenvalue weighted by atomic mass is 10.0. The van der Waals surface area contributed by atoms with Crippen molar-refractivity contribution in [3.05, 3.63) is 100 Å². The van der Waals surface area contributed by atoms with E-state index >= 15 is 0 Å². The second kappa shape index (κ2) is 13.1. The first-order valence-corrected chi connectivity index (χ1v) is 14.7. The van der Waals surface area contributed by atoms with Crippen molar-refractivity contribution in [3.63, 3.8) is 0 Å². The van der Waals surface area contributed by atoms with Gasteiger partial charge < -0.3 is 10.2 Å². The molecule has 2 amide bonds. The fraction of sp³-hybridized carbons (Fsp3) is 0.286. The van der Waals surface area contributed by atoms with Gasteiger partial charge in [0.25, 0.3) is 0 Å². The molecule has 0 aliphatic carbocycles. The Bertz CT molecular complexity index is 1350. The highest BCUT2D eigenvalue weighted by Crippen LogP contribution is 2.23. The van der Waals surface area contributed by atoms with Crippen LogP contribution in [-0.2, 0) is 32.6 Å². The van der Waals surface area contributed by atoms with Crippen LogP contribution < -0.4 is 9.62 Å². The maximum Gasteiger partial charge on any atom is 0.244 e. The molecule has 202 valence electrons. The number of sulfonamides is 1. The summed E-state index contributed by atoms with van der Waals surface area (Å²) < 4.78 is 26.5. The summed E-state index contributed by atoms with van der Waals surface area (Å²) in [5.74, 6) is -0.870. The van der Waals surface area contributed by atoms with E-state index in [1.165, 1.54) is 11.0 Å². The monoisotopic (exact) mass is 575 g/mol. The molecule has 0 unspecified atom stereocenters. The first-order chi connectivity index (χ1) is 17.9. The van der Waals surface area contributed by atoms with Crippen LogP contribution in [0.2, 0.25) is 10.0 Å². The lowest BCUT2D eigenvalue weighted by molar-refractivity contribution is -0.140. The van der Waals surface area contributed by atoms with Gasteiger partial charge in [-0.15, -0.1) is 0 Å². The SMILES string of the molecule is CC(C)NC(=O)[C@@H](Cc1ccccc1)N(Cc1ccc(Cl)cc1)C(=O)CN(c1cccc(Cl)c1)S(C)(=O)=O. The van der Waals surface area contributed by atoms with Gasteiger partial charge in [-0.05, 0) is 55.3 Å². The van der Waals surface area contributed by atoms with Crippen molar-refractivity contribution in [3.8, 4) is 0 Å². The molecule has 0 heterocycles. The molecule has 0 spiro atoms. The smallest absolute Gasteiger partial charge is 0.244 e. The number of carbonyl (C=O) groups excluding carboxylic acids is 2. The Labute approximate surface area is 234 Å². The van der Waals surface area contributed by atoms with Crippen LogP contribution in [0.5, 0.6) is 0 Å². The highest BCUT2D eigenvalue weighted by atomic mass is 35.5. The van der Waals surface area contributed by atoms with Gasteiger partial charge in [0.15, 0.2) is 0 Å². The van der Waals surface area contributed by atoms with Gasteiger partial charge in [0.05, 0.1) is 11.9 Å². The quantitative estimate of drug-likeness (QED) is 0.351. The fourth-order valence-corrected chi connectivity index (χ4v) is 5.12. The van der Waals surface area contributed by atoms with E-state index < -0.39 is 28.5 Å². The predicted octanol–water partition coefficient (Wildman–Crippen LogP) is 4.92. The van der Waals surface area contributed by atoms with Crippen LogP contribution in [0.1, 0.15) is 25.0 Å². The molecule has 0 aliphatic heterocycles. The molecular weight excluding hydrogens is 545 g/mol. The Morgan fingerprint density at radius 3 is 2.11 bits per heavy atom. The average molecular weight is 577 g/mol. The zero-order valence-corrected chi connectivity index (χ0v) is 23.8. The molecule has 1 atom stereocenters. The lowest BCUT2D eigenvalue weighted by Crippen LogP contribution is -2.54. The molecule has 10 heteroatoms. The molecule has 0 bridgehead atoms. The molecule has 0 saturated carbocycles. The second-order valence-electron chi connectivity index (χ2n) is 9.27. The first-order valence-electron chi connectivity index (χ1n) is 12.1. The Morgan fingerprint density at radius 1 is 0.868 bits per heavy atom. The number of amides is 2. The van der Waals surface area contributed by atoms with Crippen LogP contribution in [-0.4, -0.2) is 50.0 Å². The van der Waals surface area contributed by atoms with Crippen molar-refractivity contribution in [1.82, 2.24) is 10.2 Å². The second-order valence-corrected chi connectivity index (χ2v) is 12.0. The lowest BCUT2D eigenvalue weighted by Gasteiger charge is -2.34. The van der Waals surface area contributed by atoms with E-state index in [-0.39, 0.29) is 30.6 Å². The van der Waals surface area contributed by atoms with Crippen molar-refractivity contribution in [2.24, 2.45) is 0 Å². The Morgan fingerprint density at radius 2 is 1.53 bits per heavy atom. The summed E-state index contributed by atoms with van der Waals surface area (Å²) >= 11 is 12.2. The van der Waals surface area contributed by atoms with Crippen molar-refractivity contribution >= 4 is 50.7 Å². The Balaban J connectivity index is 2.05. The van der Waals surface area contributed by atoms with Gasteiger partial charge >= 0.3 is 0 Å². The number of hydrogen-bond donors (Lipinski definition) is 1. The largest absolute Gasteiger partial charge is 0.352 e.